The molecule has 0 aliphatic carbocycles. The first-order valence-corrected chi connectivity index (χ1v) is 5.32. The number of aryl methyl sites for hydroxylation is 1. The predicted molar refractivity (Wildman–Crippen MR) is 61.5 cm³/mol. The van der Waals surface area contributed by atoms with Crippen LogP contribution in [-0.4, -0.2) is 11.0 Å². The maximum atomic E-state index is 4.18. The third-order valence-corrected chi connectivity index (χ3v) is 2.49. The average Bonchev–Trinajstić information content (AvgIpc) is 2.14. The summed E-state index contributed by atoms with van der Waals surface area (Å²) in [4.78, 5) is 4.18. The summed E-state index contributed by atoms with van der Waals surface area (Å²) in [5.74, 6) is 0.661. The minimum Gasteiger partial charge on any atom is -0.382 e. The van der Waals surface area contributed by atoms with Gasteiger partial charge >= 0.3 is 0 Å². The SMILES string of the molecule is CCC(Nc1ccnc(C)c1)C(C)C. The lowest BCUT2D eigenvalue weighted by Crippen LogP contribution is -2.24. The van der Waals surface area contributed by atoms with Crippen LogP contribution in [0.2, 0.25) is 0 Å². The number of nitrogens with zero attached hydrogens (tertiary/aromatic N) is 1. The molecule has 0 saturated heterocycles. The van der Waals surface area contributed by atoms with Crippen LogP contribution in [0.1, 0.15) is 32.9 Å². The number of pyridine rings is 1. The molecule has 0 aliphatic rings. The fraction of sp³-hybridized carbons (Fsp3) is 0.583. The lowest BCUT2D eigenvalue weighted by molar-refractivity contribution is 0.511. The fourth-order valence-corrected chi connectivity index (χ4v) is 1.59. The molecule has 0 fully saturated rings. The highest BCUT2D eigenvalue weighted by Gasteiger charge is 2.09. The van der Waals surface area contributed by atoms with Gasteiger partial charge < -0.3 is 5.32 Å². The van der Waals surface area contributed by atoms with Gasteiger partial charge in [-0.25, -0.2) is 0 Å². The Morgan fingerprint density at radius 3 is 2.64 bits per heavy atom. The van der Waals surface area contributed by atoms with E-state index in [4.69, 9.17) is 0 Å². The van der Waals surface area contributed by atoms with Gasteiger partial charge in [0.15, 0.2) is 0 Å². The Bertz CT molecular complexity index is 281. The zero-order chi connectivity index (χ0) is 10.6. The largest absolute Gasteiger partial charge is 0.382 e. The number of rotatable bonds is 4. The van der Waals surface area contributed by atoms with Crippen LogP contribution in [0.25, 0.3) is 0 Å². The zero-order valence-corrected chi connectivity index (χ0v) is 9.54. The Kier molecular flexibility index (Phi) is 3.93. The Morgan fingerprint density at radius 1 is 1.43 bits per heavy atom. The van der Waals surface area contributed by atoms with Crippen molar-refractivity contribution in [2.75, 3.05) is 5.32 Å². The molecule has 0 aliphatic heterocycles. The second-order valence-electron chi connectivity index (χ2n) is 4.09. The maximum Gasteiger partial charge on any atom is 0.0393 e. The molecule has 0 bridgehead atoms. The monoisotopic (exact) mass is 192 g/mol. The molecule has 1 atom stereocenters. The molecule has 1 aromatic heterocycles. The van der Waals surface area contributed by atoms with Gasteiger partial charge in [0.05, 0.1) is 0 Å². The lowest BCUT2D eigenvalue weighted by atomic mass is 10.0. The van der Waals surface area contributed by atoms with Gasteiger partial charge in [0.25, 0.3) is 0 Å². The van der Waals surface area contributed by atoms with Crippen LogP contribution in [0.3, 0.4) is 0 Å². The van der Waals surface area contributed by atoms with Crippen LogP contribution < -0.4 is 5.32 Å². The van der Waals surface area contributed by atoms with E-state index in [1.807, 2.05) is 19.2 Å². The topological polar surface area (TPSA) is 24.9 Å². The molecule has 1 rings (SSSR count). The third-order valence-electron chi connectivity index (χ3n) is 2.49. The summed E-state index contributed by atoms with van der Waals surface area (Å²) in [7, 11) is 0. The van der Waals surface area contributed by atoms with Crippen molar-refractivity contribution >= 4 is 5.69 Å². The fourth-order valence-electron chi connectivity index (χ4n) is 1.59. The number of aromatic nitrogens is 1. The number of anilines is 1. The van der Waals surface area contributed by atoms with Crippen LogP contribution in [-0.2, 0) is 0 Å². The molecule has 1 N–H and O–H groups in total. The predicted octanol–water partition coefficient (Wildman–Crippen LogP) is 3.24. The second kappa shape index (κ2) is 4.99. The molecule has 0 aromatic carbocycles. The van der Waals surface area contributed by atoms with Gasteiger partial charge in [-0.1, -0.05) is 20.8 Å². The van der Waals surface area contributed by atoms with Crippen molar-refractivity contribution < 1.29 is 0 Å². The smallest absolute Gasteiger partial charge is 0.0393 e. The molecule has 1 heterocycles. The summed E-state index contributed by atoms with van der Waals surface area (Å²) < 4.78 is 0. The van der Waals surface area contributed by atoms with Crippen molar-refractivity contribution in [3.63, 3.8) is 0 Å². The Hall–Kier alpha value is -1.05. The van der Waals surface area contributed by atoms with E-state index in [1.165, 1.54) is 5.69 Å². The van der Waals surface area contributed by atoms with Crippen LogP contribution >= 0.6 is 0 Å². The summed E-state index contributed by atoms with van der Waals surface area (Å²) in [6, 6.07) is 4.67. The van der Waals surface area contributed by atoms with Gasteiger partial charge in [-0.05, 0) is 31.4 Å². The second-order valence-corrected chi connectivity index (χ2v) is 4.09. The van der Waals surface area contributed by atoms with E-state index < -0.39 is 0 Å². The summed E-state index contributed by atoms with van der Waals surface area (Å²) >= 11 is 0. The molecule has 1 aromatic rings. The standard InChI is InChI=1S/C12H20N2/c1-5-12(9(2)3)14-11-6-7-13-10(4)8-11/h6-9,12H,5H2,1-4H3,(H,13,14). The van der Waals surface area contributed by atoms with Crippen LogP contribution in [0.5, 0.6) is 0 Å². The molecular weight excluding hydrogens is 172 g/mol. The van der Waals surface area contributed by atoms with Crippen molar-refractivity contribution in [2.24, 2.45) is 5.92 Å². The first-order valence-electron chi connectivity index (χ1n) is 5.32. The molecule has 2 heteroatoms. The Morgan fingerprint density at radius 2 is 2.14 bits per heavy atom. The van der Waals surface area contributed by atoms with Gasteiger partial charge in [-0.2, -0.15) is 0 Å². The van der Waals surface area contributed by atoms with Crippen molar-refractivity contribution in [2.45, 2.75) is 40.2 Å². The number of hydrogen-bond donors (Lipinski definition) is 1. The molecule has 0 amide bonds. The van der Waals surface area contributed by atoms with E-state index in [0.717, 1.165) is 12.1 Å². The van der Waals surface area contributed by atoms with Gasteiger partial charge in [0, 0.05) is 23.6 Å². The van der Waals surface area contributed by atoms with Crippen LogP contribution in [0.15, 0.2) is 18.3 Å². The third kappa shape index (κ3) is 3.02. The minimum absolute atomic E-state index is 0.553. The van der Waals surface area contributed by atoms with Crippen molar-refractivity contribution in [1.82, 2.24) is 4.98 Å². The van der Waals surface area contributed by atoms with E-state index in [-0.39, 0.29) is 0 Å². The van der Waals surface area contributed by atoms with E-state index in [0.29, 0.717) is 12.0 Å². The minimum atomic E-state index is 0.553. The van der Waals surface area contributed by atoms with Crippen molar-refractivity contribution in [3.8, 4) is 0 Å². The van der Waals surface area contributed by atoms with Crippen LogP contribution in [0.4, 0.5) is 5.69 Å². The normalized spacial score (nSPS) is 12.9. The summed E-state index contributed by atoms with van der Waals surface area (Å²) in [6.07, 6.45) is 3.00. The average molecular weight is 192 g/mol. The molecule has 0 saturated carbocycles. The van der Waals surface area contributed by atoms with E-state index in [1.54, 1.807) is 0 Å². The molecule has 0 radical (unpaired) electrons. The highest BCUT2D eigenvalue weighted by Crippen LogP contribution is 2.14. The van der Waals surface area contributed by atoms with Gasteiger partial charge in [-0.15, -0.1) is 0 Å². The van der Waals surface area contributed by atoms with E-state index in [9.17, 15) is 0 Å². The van der Waals surface area contributed by atoms with Crippen molar-refractivity contribution in [1.29, 1.82) is 0 Å². The summed E-state index contributed by atoms with van der Waals surface area (Å²) in [5.41, 5.74) is 2.24. The number of nitrogens with one attached hydrogen (secondary N) is 1. The van der Waals surface area contributed by atoms with E-state index in [2.05, 4.69) is 37.1 Å². The van der Waals surface area contributed by atoms with Gasteiger partial charge in [0.2, 0.25) is 0 Å². The van der Waals surface area contributed by atoms with Crippen LogP contribution in [0, 0.1) is 12.8 Å². The highest BCUT2D eigenvalue weighted by atomic mass is 14.9. The quantitative estimate of drug-likeness (QED) is 0.792. The molecule has 2 nitrogen and oxygen atoms in total. The molecule has 0 spiro atoms. The number of hydrogen-bond acceptors (Lipinski definition) is 2. The van der Waals surface area contributed by atoms with Gasteiger partial charge in [0.1, 0.15) is 0 Å². The van der Waals surface area contributed by atoms with Gasteiger partial charge in [-0.3, -0.25) is 4.98 Å². The first kappa shape index (κ1) is 11.0. The summed E-state index contributed by atoms with van der Waals surface area (Å²) in [6.45, 7) is 8.72. The summed E-state index contributed by atoms with van der Waals surface area (Å²) in [5, 5.41) is 3.53. The lowest BCUT2D eigenvalue weighted by Gasteiger charge is -2.21. The van der Waals surface area contributed by atoms with Crippen molar-refractivity contribution in [3.05, 3.63) is 24.0 Å². The molecule has 14 heavy (non-hydrogen) atoms. The highest BCUT2D eigenvalue weighted by molar-refractivity contribution is 5.43. The Labute approximate surface area is 86.8 Å². The molecule has 1 unspecified atom stereocenters. The van der Waals surface area contributed by atoms with E-state index >= 15 is 0 Å². The zero-order valence-electron chi connectivity index (χ0n) is 9.54. The molecule has 78 valence electrons. The maximum absolute atomic E-state index is 4.18. The first-order chi connectivity index (χ1) is 6.63. The Balaban J connectivity index is 2.67. The molecular formula is C12H20N2.